The molecule has 0 radical (unpaired) electrons. The number of likely N-dealkylation sites (tertiary alicyclic amines) is 1. The summed E-state index contributed by atoms with van der Waals surface area (Å²) >= 11 is 8.34. The summed E-state index contributed by atoms with van der Waals surface area (Å²) in [5.41, 5.74) is 6.40. The molecular weight excluding hydrogens is 410 g/mol. The van der Waals surface area contributed by atoms with Gasteiger partial charge in [-0.1, -0.05) is 18.5 Å². The van der Waals surface area contributed by atoms with Crippen molar-refractivity contribution in [1.29, 1.82) is 0 Å². The van der Waals surface area contributed by atoms with Crippen LogP contribution in [-0.4, -0.2) is 29.9 Å². The lowest BCUT2D eigenvalue weighted by Gasteiger charge is -2.38. The Kier molecular flexibility index (Phi) is 7.04. The van der Waals surface area contributed by atoms with Crippen LogP contribution in [0.1, 0.15) is 30.1 Å². The van der Waals surface area contributed by atoms with E-state index in [1.807, 2.05) is 17.0 Å². The molecule has 20 heavy (non-hydrogen) atoms. The van der Waals surface area contributed by atoms with E-state index in [-0.39, 0.29) is 24.4 Å². The van der Waals surface area contributed by atoms with Crippen molar-refractivity contribution >= 4 is 52.5 Å². The van der Waals surface area contributed by atoms with Gasteiger partial charge >= 0.3 is 0 Å². The molecule has 2 N–H and O–H groups in total. The molecular formula is C14H19Cl2IN2O. The molecule has 1 saturated heterocycles. The number of nitrogens with zero attached hydrogens (tertiary/aromatic N) is 1. The van der Waals surface area contributed by atoms with Crippen molar-refractivity contribution in [3.05, 3.63) is 32.4 Å². The normalized spacial score (nSPS) is 22.3. The third-order valence-corrected chi connectivity index (χ3v) is 4.67. The molecule has 1 aliphatic rings. The van der Waals surface area contributed by atoms with Crippen LogP contribution in [0.15, 0.2) is 18.2 Å². The van der Waals surface area contributed by atoms with Gasteiger partial charge in [-0.2, -0.15) is 0 Å². The fourth-order valence-electron chi connectivity index (χ4n) is 2.56. The highest BCUT2D eigenvalue weighted by molar-refractivity contribution is 14.1. The molecule has 1 aromatic rings. The van der Waals surface area contributed by atoms with Gasteiger partial charge < -0.3 is 10.6 Å². The third-order valence-electron chi connectivity index (χ3n) is 3.67. The van der Waals surface area contributed by atoms with Gasteiger partial charge in [0.15, 0.2) is 0 Å². The number of halogens is 3. The largest absolute Gasteiger partial charge is 0.334 e. The molecule has 1 heterocycles. The Labute approximate surface area is 144 Å². The highest BCUT2D eigenvalue weighted by Crippen LogP contribution is 2.26. The van der Waals surface area contributed by atoms with Gasteiger partial charge in [-0.25, -0.2) is 0 Å². The molecule has 1 aromatic carbocycles. The average molecular weight is 429 g/mol. The third kappa shape index (κ3) is 4.00. The second-order valence-corrected chi connectivity index (χ2v) is 6.79. The molecule has 0 bridgehead atoms. The molecule has 1 amide bonds. The molecule has 0 saturated carbocycles. The lowest BCUT2D eigenvalue weighted by molar-refractivity contribution is 0.0574. The maximum Gasteiger partial charge on any atom is 0.255 e. The summed E-state index contributed by atoms with van der Waals surface area (Å²) in [6.45, 7) is 3.49. The van der Waals surface area contributed by atoms with Crippen molar-refractivity contribution < 1.29 is 4.79 Å². The number of carbonyl (C=O) groups is 1. The van der Waals surface area contributed by atoms with Crippen molar-refractivity contribution in [2.45, 2.75) is 25.8 Å². The van der Waals surface area contributed by atoms with Crippen molar-refractivity contribution in [2.75, 3.05) is 13.1 Å². The Morgan fingerprint density at radius 1 is 1.55 bits per heavy atom. The Bertz CT molecular complexity index is 484. The summed E-state index contributed by atoms with van der Waals surface area (Å²) < 4.78 is 1.01. The van der Waals surface area contributed by atoms with Gasteiger partial charge in [-0.15, -0.1) is 12.4 Å². The van der Waals surface area contributed by atoms with Crippen molar-refractivity contribution in [1.82, 2.24) is 4.90 Å². The molecule has 1 aliphatic heterocycles. The van der Waals surface area contributed by atoms with E-state index < -0.39 is 0 Å². The number of carbonyl (C=O) groups excluding carboxylic acids is 1. The second-order valence-electron chi connectivity index (χ2n) is 5.14. The van der Waals surface area contributed by atoms with Gasteiger partial charge in [-0.05, 0) is 59.5 Å². The van der Waals surface area contributed by atoms with Crippen LogP contribution in [0.2, 0.25) is 5.02 Å². The first-order valence-electron chi connectivity index (χ1n) is 6.49. The molecule has 2 unspecified atom stereocenters. The molecule has 2 atom stereocenters. The van der Waals surface area contributed by atoms with Gasteiger partial charge in [0.2, 0.25) is 0 Å². The summed E-state index contributed by atoms with van der Waals surface area (Å²) in [4.78, 5) is 14.5. The summed E-state index contributed by atoms with van der Waals surface area (Å²) in [5, 5.41) is 0.514. The quantitative estimate of drug-likeness (QED) is 0.732. The van der Waals surface area contributed by atoms with Crippen LogP contribution in [-0.2, 0) is 0 Å². The number of hydrogen-bond donors (Lipinski definition) is 1. The Morgan fingerprint density at radius 2 is 2.25 bits per heavy atom. The topological polar surface area (TPSA) is 46.3 Å². The van der Waals surface area contributed by atoms with Crippen LogP contribution in [0.4, 0.5) is 0 Å². The number of hydrogen-bond acceptors (Lipinski definition) is 2. The smallest absolute Gasteiger partial charge is 0.255 e. The lowest BCUT2D eigenvalue weighted by atomic mass is 9.92. The molecule has 0 aromatic heterocycles. The monoisotopic (exact) mass is 428 g/mol. The summed E-state index contributed by atoms with van der Waals surface area (Å²) in [6, 6.07) is 5.65. The zero-order chi connectivity index (χ0) is 14.0. The van der Waals surface area contributed by atoms with Crippen LogP contribution >= 0.6 is 46.6 Å². The molecule has 0 spiro atoms. The number of rotatable bonds is 2. The minimum atomic E-state index is 0. The molecule has 3 nitrogen and oxygen atoms in total. The predicted molar refractivity (Wildman–Crippen MR) is 93.7 cm³/mol. The zero-order valence-electron chi connectivity index (χ0n) is 11.3. The Hall–Kier alpha value is -0.0400. The van der Waals surface area contributed by atoms with Crippen LogP contribution in [0.5, 0.6) is 0 Å². The van der Waals surface area contributed by atoms with Gasteiger partial charge in [0.1, 0.15) is 0 Å². The Balaban J connectivity index is 0.00000200. The first-order chi connectivity index (χ1) is 9.02. The molecule has 112 valence electrons. The number of benzene rings is 1. The van der Waals surface area contributed by atoms with Gasteiger partial charge in [0.25, 0.3) is 5.91 Å². The summed E-state index contributed by atoms with van der Waals surface area (Å²) in [5.74, 6) is 0.634. The second kappa shape index (κ2) is 7.82. The van der Waals surface area contributed by atoms with Crippen molar-refractivity contribution in [2.24, 2.45) is 11.7 Å². The van der Waals surface area contributed by atoms with Gasteiger partial charge in [0, 0.05) is 22.7 Å². The first kappa shape index (κ1) is 18.0. The van der Waals surface area contributed by atoms with Crippen LogP contribution in [0.25, 0.3) is 0 Å². The maximum atomic E-state index is 12.6. The highest BCUT2D eigenvalue weighted by atomic mass is 127. The van der Waals surface area contributed by atoms with Crippen LogP contribution in [0, 0.1) is 9.49 Å². The van der Waals surface area contributed by atoms with Crippen LogP contribution in [0.3, 0.4) is 0 Å². The average Bonchev–Trinajstić information content (AvgIpc) is 2.40. The minimum Gasteiger partial charge on any atom is -0.334 e. The summed E-state index contributed by atoms with van der Waals surface area (Å²) in [7, 11) is 0. The highest BCUT2D eigenvalue weighted by Gasteiger charge is 2.30. The van der Waals surface area contributed by atoms with E-state index in [1.54, 1.807) is 6.07 Å². The SMILES string of the molecule is CC1CCN(C(=O)c2cc(I)ccc2Cl)C(CN)C1.Cl. The minimum absolute atomic E-state index is 0. The Morgan fingerprint density at radius 3 is 2.90 bits per heavy atom. The van der Waals surface area contributed by atoms with Gasteiger partial charge in [-0.3, -0.25) is 4.79 Å². The van der Waals surface area contributed by atoms with Crippen molar-refractivity contribution in [3.8, 4) is 0 Å². The maximum absolute atomic E-state index is 12.6. The van der Waals surface area contributed by atoms with E-state index in [1.165, 1.54) is 0 Å². The number of piperidine rings is 1. The predicted octanol–water partition coefficient (Wildman–Crippen LogP) is 3.57. The molecule has 0 aliphatic carbocycles. The van der Waals surface area contributed by atoms with E-state index in [0.717, 1.165) is 23.0 Å². The van der Waals surface area contributed by atoms with E-state index in [4.69, 9.17) is 17.3 Å². The lowest BCUT2D eigenvalue weighted by Crippen LogP contribution is -2.49. The standard InChI is InChI=1S/C14H18ClIN2O.ClH/c1-9-4-5-18(11(6-9)8-17)14(19)12-7-10(16)2-3-13(12)15;/h2-3,7,9,11H,4-6,8,17H2,1H3;1H. The summed E-state index contributed by atoms with van der Waals surface area (Å²) in [6.07, 6.45) is 2.01. The number of nitrogens with two attached hydrogens (primary N) is 1. The van der Waals surface area contributed by atoms with Crippen LogP contribution < -0.4 is 5.73 Å². The molecule has 2 rings (SSSR count). The molecule has 1 fully saturated rings. The first-order valence-corrected chi connectivity index (χ1v) is 7.94. The van der Waals surface area contributed by atoms with Crippen molar-refractivity contribution in [3.63, 3.8) is 0 Å². The van der Waals surface area contributed by atoms with E-state index in [0.29, 0.717) is 23.0 Å². The van der Waals surface area contributed by atoms with E-state index in [9.17, 15) is 4.79 Å². The zero-order valence-corrected chi connectivity index (χ0v) is 15.0. The van der Waals surface area contributed by atoms with E-state index in [2.05, 4.69) is 29.5 Å². The van der Waals surface area contributed by atoms with E-state index >= 15 is 0 Å². The van der Waals surface area contributed by atoms with Gasteiger partial charge in [0.05, 0.1) is 10.6 Å². The number of amides is 1. The fourth-order valence-corrected chi connectivity index (χ4v) is 3.25. The fraction of sp³-hybridized carbons (Fsp3) is 0.500. The molecule has 6 heteroatoms.